The van der Waals surface area contributed by atoms with E-state index in [4.69, 9.17) is 5.11 Å². The van der Waals surface area contributed by atoms with E-state index in [1.54, 1.807) is 6.92 Å². The molecule has 0 bridgehead atoms. The van der Waals surface area contributed by atoms with Crippen molar-refractivity contribution in [3.8, 4) is 0 Å². The number of carbonyl (C=O) groups is 1. The standard InChI is InChI=1S/C8H17NO2/c1-6(2)4-9-5-7(3)8(10)11/h6-7,9H,4-5H2,1-3H3,(H,10,11). The summed E-state index contributed by atoms with van der Waals surface area (Å²) in [4.78, 5) is 10.3. The zero-order chi connectivity index (χ0) is 8.85. The maximum atomic E-state index is 10.3. The van der Waals surface area contributed by atoms with Crippen LogP contribution in [-0.4, -0.2) is 24.2 Å². The summed E-state index contributed by atoms with van der Waals surface area (Å²) in [5.41, 5.74) is 0. The van der Waals surface area contributed by atoms with Crippen molar-refractivity contribution in [3.05, 3.63) is 0 Å². The summed E-state index contributed by atoms with van der Waals surface area (Å²) in [5, 5.41) is 11.6. The molecular formula is C8H17NO2. The summed E-state index contributed by atoms with van der Waals surface area (Å²) in [6.45, 7) is 7.34. The first-order chi connectivity index (χ1) is 5.04. The molecule has 0 aromatic rings. The molecule has 0 radical (unpaired) electrons. The van der Waals surface area contributed by atoms with Gasteiger partial charge in [0.15, 0.2) is 0 Å². The second-order valence-electron chi connectivity index (χ2n) is 3.29. The first kappa shape index (κ1) is 10.4. The van der Waals surface area contributed by atoms with Gasteiger partial charge < -0.3 is 10.4 Å². The van der Waals surface area contributed by atoms with Crippen molar-refractivity contribution in [3.63, 3.8) is 0 Å². The van der Waals surface area contributed by atoms with Crippen LogP contribution < -0.4 is 5.32 Å². The van der Waals surface area contributed by atoms with Crippen LogP contribution in [0.25, 0.3) is 0 Å². The van der Waals surface area contributed by atoms with E-state index < -0.39 is 5.97 Å². The van der Waals surface area contributed by atoms with Gasteiger partial charge in [0.1, 0.15) is 0 Å². The van der Waals surface area contributed by atoms with E-state index in [2.05, 4.69) is 19.2 Å². The van der Waals surface area contributed by atoms with Gasteiger partial charge in [-0.15, -0.1) is 0 Å². The van der Waals surface area contributed by atoms with Crippen molar-refractivity contribution in [1.29, 1.82) is 0 Å². The van der Waals surface area contributed by atoms with Crippen LogP contribution in [0.5, 0.6) is 0 Å². The smallest absolute Gasteiger partial charge is 0.307 e. The second-order valence-corrected chi connectivity index (χ2v) is 3.29. The molecule has 0 heterocycles. The number of aliphatic carboxylic acids is 1. The van der Waals surface area contributed by atoms with Crippen LogP contribution in [0.3, 0.4) is 0 Å². The van der Waals surface area contributed by atoms with Crippen LogP contribution in [0.1, 0.15) is 20.8 Å². The molecule has 0 saturated heterocycles. The van der Waals surface area contributed by atoms with Crippen LogP contribution in [0.15, 0.2) is 0 Å². The van der Waals surface area contributed by atoms with Gasteiger partial charge in [-0.3, -0.25) is 4.79 Å². The van der Waals surface area contributed by atoms with Crippen molar-refractivity contribution in [1.82, 2.24) is 5.32 Å². The minimum Gasteiger partial charge on any atom is -0.481 e. The van der Waals surface area contributed by atoms with E-state index in [1.165, 1.54) is 0 Å². The normalized spacial score (nSPS) is 13.5. The molecule has 0 aromatic carbocycles. The first-order valence-corrected chi connectivity index (χ1v) is 3.97. The fourth-order valence-corrected chi connectivity index (χ4v) is 0.676. The minimum absolute atomic E-state index is 0.284. The summed E-state index contributed by atoms with van der Waals surface area (Å²) in [6, 6.07) is 0. The van der Waals surface area contributed by atoms with Crippen LogP contribution in [0, 0.1) is 11.8 Å². The number of hydrogen-bond acceptors (Lipinski definition) is 2. The number of carboxylic acids is 1. The van der Waals surface area contributed by atoms with Gasteiger partial charge >= 0.3 is 5.97 Å². The fraction of sp³-hybridized carbons (Fsp3) is 0.875. The van der Waals surface area contributed by atoms with Crippen LogP contribution in [0.4, 0.5) is 0 Å². The van der Waals surface area contributed by atoms with Gasteiger partial charge in [-0.1, -0.05) is 20.8 Å². The number of nitrogens with one attached hydrogen (secondary N) is 1. The SMILES string of the molecule is CC(C)CNCC(C)C(=O)O. The highest BCUT2D eigenvalue weighted by Crippen LogP contribution is 1.93. The second kappa shape index (κ2) is 5.13. The molecule has 0 amide bonds. The van der Waals surface area contributed by atoms with Crippen LogP contribution in [0.2, 0.25) is 0 Å². The lowest BCUT2D eigenvalue weighted by Crippen LogP contribution is -2.28. The Bertz CT molecular complexity index is 123. The maximum absolute atomic E-state index is 10.3. The Labute approximate surface area is 67.8 Å². The van der Waals surface area contributed by atoms with E-state index in [-0.39, 0.29) is 5.92 Å². The molecule has 0 saturated carbocycles. The number of carboxylic acid groups (broad SMARTS) is 1. The molecule has 0 rings (SSSR count). The molecule has 0 aliphatic carbocycles. The van der Waals surface area contributed by atoms with E-state index in [0.717, 1.165) is 6.54 Å². The fourth-order valence-electron chi connectivity index (χ4n) is 0.676. The molecule has 1 atom stereocenters. The molecule has 0 spiro atoms. The lowest BCUT2D eigenvalue weighted by molar-refractivity contribution is -0.140. The third-order valence-electron chi connectivity index (χ3n) is 1.42. The van der Waals surface area contributed by atoms with Crippen LogP contribution >= 0.6 is 0 Å². The summed E-state index contributed by atoms with van der Waals surface area (Å²) < 4.78 is 0. The average molecular weight is 159 g/mol. The Morgan fingerprint density at radius 1 is 1.36 bits per heavy atom. The van der Waals surface area contributed by atoms with Gasteiger partial charge in [0.2, 0.25) is 0 Å². The van der Waals surface area contributed by atoms with Gasteiger partial charge in [-0.05, 0) is 12.5 Å². The lowest BCUT2D eigenvalue weighted by atomic mass is 10.1. The van der Waals surface area contributed by atoms with E-state index in [0.29, 0.717) is 12.5 Å². The molecule has 0 aliphatic rings. The van der Waals surface area contributed by atoms with Crippen LogP contribution in [-0.2, 0) is 4.79 Å². The first-order valence-electron chi connectivity index (χ1n) is 3.97. The molecule has 2 N–H and O–H groups in total. The van der Waals surface area contributed by atoms with Gasteiger partial charge in [0.25, 0.3) is 0 Å². The molecule has 3 nitrogen and oxygen atoms in total. The third-order valence-corrected chi connectivity index (χ3v) is 1.42. The quantitative estimate of drug-likeness (QED) is 0.628. The van der Waals surface area contributed by atoms with Crippen molar-refractivity contribution in [2.75, 3.05) is 13.1 Å². The highest BCUT2D eigenvalue weighted by atomic mass is 16.4. The molecular weight excluding hydrogens is 142 g/mol. The predicted octanol–water partition coefficient (Wildman–Crippen LogP) is 0.953. The minimum atomic E-state index is -0.735. The van der Waals surface area contributed by atoms with E-state index >= 15 is 0 Å². The molecule has 0 fully saturated rings. The Morgan fingerprint density at radius 2 is 1.91 bits per heavy atom. The highest BCUT2D eigenvalue weighted by Gasteiger charge is 2.09. The molecule has 66 valence electrons. The van der Waals surface area contributed by atoms with E-state index in [1.807, 2.05) is 0 Å². The topological polar surface area (TPSA) is 49.3 Å². The summed E-state index contributed by atoms with van der Waals surface area (Å²) in [7, 11) is 0. The van der Waals surface area contributed by atoms with Gasteiger partial charge in [0.05, 0.1) is 5.92 Å². The monoisotopic (exact) mass is 159 g/mol. The Kier molecular flexibility index (Phi) is 4.86. The van der Waals surface area contributed by atoms with Crippen molar-refractivity contribution in [2.45, 2.75) is 20.8 Å². The zero-order valence-corrected chi connectivity index (χ0v) is 7.42. The summed E-state index contributed by atoms with van der Waals surface area (Å²) in [6.07, 6.45) is 0. The molecule has 1 unspecified atom stereocenters. The average Bonchev–Trinajstić information content (AvgIpc) is 1.86. The largest absolute Gasteiger partial charge is 0.481 e. The van der Waals surface area contributed by atoms with Gasteiger partial charge in [-0.25, -0.2) is 0 Å². The summed E-state index contributed by atoms with van der Waals surface area (Å²) >= 11 is 0. The molecule has 0 aromatic heterocycles. The number of hydrogen-bond donors (Lipinski definition) is 2. The third kappa shape index (κ3) is 5.85. The molecule has 0 aliphatic heterocycles. The van der Waals surface area contributed by atoms with Crippen molar-refractivity contribution in [2.24, 2.45) is 11.8 Å². The lowest BCUT2D eigenvalue weighted by Gasteiger charge is -2.09. The molecule has 3 heteroatoms. The highest BCUT2D eigenvalue weighted by molar-refractivity contribution is 5.69. The van der Waals surface area contributed by atoms with E-state index in [9.17, 15) is 4.79 Å². The van der Waals surface area contributed by atoms with Gasteiger partial charge in [-0.2, -0.15) is 0 Å². The summed E-state index contributed by atoms with van der Waals surface area (Å²) in [5.74, 6) is -0.439. The van der Waals surface area contributed by atoms with Gasteiger partial charge in [0, 0.05) is 6.54 Å². The Morgan fingerprint density at radius 3 is 2.27 bits per heavy atom. The molecule has 11 heavy (non-hydrogen) atoms. The zero-order valence-electron chi connectivity index (χ0n) is 7.42. The maximum Gasteiger partial charge on any atom is 0.307 e. The Balaban J connectivity index is 3.31. The number of rotatable bonds is 5. The van der Waals surface area contributed by atoms with Crippen molar-refractivity contribution < 1.29 is 9.90 Å². The predicted molar refractivity (Wildman–Crippen MR) is 44.5 cm³/mol. The Hall–Kier alpha value is -0.570. The van der Waals surface area contributed by atoms with Crippen molar-refractivity contribution >= 4 is 5.97 Å².